The van der Waals surface area contributed by atoms with Gasteiger partial charge in [0.05, 0.1) is 11.0 Å². The minimum atomic E-state index is -0.954. The average molecular weight is 413 g/mol. The molecular weight excluding hydrogens is 386 g/mol. The van der Waals surface area contributed by atoms with Crippen LogP contribution in [0, 0.1) is 0 Å². The number of rotatable bonds is 2. The molecule has 160 valence electrons. The number of carbonyl (C=O) groups excluding carboxylic acids is 1. The number of allylic oxidation sites excluding steroid dienone is 3. The summed E-state index contributed by atoms with van der Waals surface area (Å²) >= 11 is 0. The van der Waals surface area contributed by atoms with Crippen molar-refractivity contribution in [2.45, 2.75) is 55.8 Å². The number of ketones is 1. The number of likely N-dealkylation sites (N-methyl/N-ethyl adjacent to an activating group) is 1. The summed E-state index contributed by atoms with van der Waals surface area (Å²) in [5, 5.41) is 29.9. The normalized spacial score (nSPS) is 33.8. The number of phenols is 1. The third-order valence-corrected chi connectivity index (χ3v) is 7.07. The molecule has 0 aromatic heterocycles. The lowest BCUT2D eigenvalue weighted by molar-refractivity contribution is -0.185. The van der Waals surface area contributed by atoms with Crippen molar-refractivity contribution in [2.75, 3.05) is 13.6 Å². The molecule has 7 nitrogen and oxygen atoms in total. The van der Waals surface area contributed by atoms with E-state index < -0.39 is 23.1 Å². The average Bonchev–Trinajstić information content (AvgIpc) is 3.06. The number of benzene rings is 1. The fourth-order valence-corrected chi connectivity index (χ4v) is 5.78. The van der Waals surface area contributed by atoms with Crippen molar-refractivity contribution in [3.05, 3.63) is 47.6 Å². The Bertz CT molecular complexity index is 953. The van der Waals surface area contributed by atoms with Crippen LogP contribution in [0.2, 0.25) is 0 Å². The maximum absolute atomic E-state index is 12.5. The van der Waals surface area contributed by atoms with Gasteiger partial charge in [-0.05, 0) is 51.4 Å². The Balaban J connectivity index is 0.000000235. The smallest absolute Gasteiger partial charge is 0.328 e. The number of hydrogen-bond donors (Lipinski definition) is 3. The minimum absolute atomic E-state index is 0.00319. The van der Waals surface area contributed by atoms with E-state index in [0.29, 0.717) is 25.0 Å². The maximum Gasteiger partial charge on any atom is 0.328 e. The molecule has 4 aliphatic rings. The molecule has 2 fully saturated rings. The third-order valence-electron chi connectivity index (χ3n) is 7.07. The van der Waals surface area contributed by atoms with E-state index in [2.05, 4.69) is 4.90 Å². The van der Waals surface area contributed by atoms with Crippen LogP contribution in [0.3, 0.4) is 0 Å². The quantitative estimate of drug-likeness (QED) is 0.502. The molecular formula is C23H27NO6. The number of aliphatic hydroxyl groups is 1. The molecule has 1 saturated heterocycles. The Labute approximate surface area is 175 Å². The zero-order chi connectivity index (χ0) is 21.7. The molecule has 30 heavy (non-hydrogen) atoms. The predicted octanol–water partition coefficient (Wildman–Crippen LogP) is 1.95. The fourth-order valence-electron chi connectivity index (χ4n) is 5.78. The Kier molecular flexibility index (Phi) is 4.98. The Morgan fingerprint density at radius 2 is 2.07 bits per heavy atom. The van der Waals surface area contributed by atoms with Crippen molar-refractivity contribution < 1.29 is 29.6 Å². The second-order valence-corrected chi connectivity index (χ2v) is 8.48. The summed E-state index contributed by atoms with van der Waals surface area (Å²) in [6.07, 6.45) is 7.59. The summed E-state index contributed by atoms with van der Waals surface area (Å²) in [4.78, 5) is 24.5. The van der Waals surface area contributed by atoms with Gasteiger partial charge < -0.3 is 25.0 Å². The van der Waals surface area contributed by atoms with Gasteiger partial charge in [-0.3, -0.25) is 4.79 Å². The lowest BCUT2D eigenvalue weighted by Crippen LogP contribution is -2.76. The van der Waals surface area contributed by atoms with E-state index in [1.165, 1.54) is 6.08 Å². The molecule has 4 atom stereocenters. The first kappa shape index (κ1) is 20.6. The SMILES string of the molecule is C/C=C/C=C/C(=O)O.CN1CC[C@]23c4c5ccc(O)c4O[C@H]2C(=O)CC[C@@]3(O)[C@H]1C5. The van der Waals surface area contributed by atoms with Gasteiger partial charge in [0.15, 0.2) is 23.4 Å². The molecule has 2 heterocycles. The van der Waals surface area contributed by atoms with Crippen LogP contribution in [0.5, 0.6) is 11.5 Å². The lowest BCUT2D eigenvalue weighted by Gasteiger charge is -2.61. The van der Waals surface area contributed by atoms with Crippen LogP contribution in [0.4, 0.5) is 0 Å². The first-order chi connectivity index (χ1) is 14.3. The Morgan fingerprint density at radius 3 is 2.77 bits per heavy atom. The zero-order valence-electron chi connectivity index (χ0n) is 17.2. The number of Topliss-reactive ketones (excluding diaryl/α,β-unsaturated/α-hetero) is 1. The largest absolute Gasteiger partial charge is 0.504 e. The standard InChI is InChI=1S/C17H19NO4.C6H8O2/c1-18-7-6-16-13-9-2-3-10(19)14(13)22-15(16)11(20)4-5-17(16,21)12(18)8-9;1-2-3-4-5-6(7)8/h2-3,12,15,19,21H,4-8H2,1H3;2-5H,1H3,(H,7,8)/b;3-2+,5-4+/t12-,15+,16+,17-;/m1./s1. The van der Waals surface area contributed by atoms with Crippen LogP contribution < -0.4 is 4.74 Å². The van der Waals surface area contributed by atoms with E-state index in [9.17, 15) is 19.8 Å². The summed E-state index contributed by atoms with van der Waals surface area (Å²) in [6.45, 7) is 2.65. The van der Waals surface area contributed by atoms with E-state index in [1.54, 1.807) is 18.2 Å². The van der Waals surface area contributed by atoms with Crippen molar-refractivity contribution in [1.29, 1.82) is 0 Å². The number of aromatic hydroxyl groups is 1. The van der Waals surface area contributed by atoms with Gasteiger partial charge in [-0.15, -0.1) is 0 Å². The van der Waals surface area contributed by atoms with Gasteiger partial charge in [0, 0.05) is 24.1 Å². The molecule has 0 unspecified atom stereocenters. The number of piperidine rings is 1. The summed E-state index contributed by atoms with van der Waals surface area (Å²) in [7, 11) is 2.04. The van der Waals surface area contributed by atoms with Crippen molar-refractivity contribution in [3.8, 4) is 11.5 Å². The number of aliphatic carboxylic acids is 1. The molecule has 7 heteroatoms. The maximum atomic E-state index is 12.5. The topological polar surface area (TPSA) is 107 Å². The minimum Gasteiger partial charge on any atom is -0.504 e. The highest BCUT2D eigenvalue weighted by Gasteiger charge is 2.72. The van der Waals surface area contributed by atoms with Crippen molar-refractivity contribution >= 4 is 11.8 Å². The number of likely N-dealkylation sites (tertiary alicyclic amines) is 1. The molecule has 1 aromatic rings. The second kappa shape index (κ2) is 7.25. The van der Waals surface area contributed by atoms with Gasteiger partial charge in [-0.25, -0.2) is 4.79 Å². The molecule has 0 amide bonds. The number of carboxylic acids is 1. The highest BCUT2D eigenvalue weighted by atomic mass is 16.5. The molecule has 2 bridgehead atoms. The van der Waals surface area contributed by atoms with Crippen LogP contribution >= 0.6 is 0 Å². The van der Waals surface area contributed by atoms with Crippen molar-refractivity contribution in [2.24, 2.45) is 0 Å². The van der Waals surface area contributed by atoms with Crippen LogP contribution in [0.25, 0.3) is 0 Å². The van der Waals surface area contributed by atoms with Crippen LogP contribution in [-0.4, -0.2) is 63.3 Å². The Morgan fingerprint density at radius 1 is 1.30 bits per heavy atom. The highest BCUT2D eigenvalue weighted by molar-refractivity contribution is 5.90. The van der Waals surface area contributed by atoms with Gasteiger partial charge in [0.1, 0.15) is 0 Å². The number of phenolic OH excluding ortho intramolecular Hbond substituents is 1. The summed E-state index contributed by atoms with van der Waals surface area (Å²) in [5.74, 6) is -0.353. The summed E-state index contributed by atoms with van der Waals surface area (Å²) < 4.78 is 5.94. The first-order valence-corrected chi connectivity index (χ1v) is 10.3. The molecule has 0 radical (unpaired) electrons. The number of hydrogen-bond acceptors (Lipinski definition) is 6. The fraction of sp³-hybridized carbons (Fsp3) is 0.478. The van der Waals surface area contributed by atoms with E-state index in [1.807, 2.05) is 20.0 Å². The molecule has 2 aliphatic heterocycles. The molecule has 1 aromatic carbocycles. The van der Waals surface area contributed by atoms with Crippen LogP contribution in [-0.2, 0) is 21.4 Å². The van der Waals surface area contributed by atoms with Crippen LogP contribution in [0.1, 0.15) is 37.3 Å². The Hall–Kier alpha value is -2.64. The number of ether oxygens (including phenoxy) is 1. The van der Waals surface area contributed by atoms with Gasteiger partial charge in [-0.2, -0.15) is 0 Å². The third kappa shape index (κ3) is 2.72. The van der Waals surface area contributed by atoms with Gasteiger partial charge in [0.2, 0.25) is 0 Å². The zero-order valence-corrected chi connectivity index (χ0v) is 17.2. The predicted molar refractivity (Wildman–Crippen MR) is 110 cm³/mol. The number of carboxylic acid groups (broad SMARTS) is 1. The lowest BCUT2D eigenvalue weighted by atomic mass is 9.49. The molecule has 1 saturated carbocycles. The van der Waals surface area contributed by atoms with E-state index >= 15 is 0 Å². The van der Waals surface area contributed by atoms with Crippen molar-refractivity contribution in [3.63, 3.8) is 0 Å². The van der Waals surface area contributed by atoms with E-state index in [-0.39, 0.29) is 17.6 Å². The van der Waals surface area contributed by atoms with Crippen LogP contribution in [0.15, 0.2) is 36.4 Å². The number of nitrogens with zero attached hydrogens (tertiary/aromatic N) is 1. The highest BCUT2D eigenvalue weighted by Crippen LogP contribution is 2.64. The van der Waals surface area contributed by atoms with Gasteiger partial charge >= 0.3 is 5.97 Å². The molecule has 2 aliphatic carbocycles. The van der Waals surface area contributed by atoms with Crippen molar-refractivity contribution in [1.82, 2.24) is 4.90 Å². The first-order valence-electron chi connectivity index (χ1n) is 10.3. The van der Waals surface area contributed by atoms with Gasteiger partial charge in [0.25, 0.3) is 0 Å². The summed E-state index contributed by atoms with van der Waals surface area (Å²) in [5.41, 5.74) is 0.370. The van der Waals surface area contributed by atoms with Gasteiger partial charge in [-0.1, -0.05) is 24.3 Å². The molecule has 3 N–H and O–H groups in total. The number of carbonyl (C=O) groups is 2. The second-order valence-electron chi connectivity index (χ2n) is 8.48. The molecule has 1 spiro atoms. The van der Waals surface area contributed by atoms with E-state index in [0.717, 1.165) is 30.2 Å². The monoisotopic (exact) mass is 413 g/mol. The summed E-state index contributed by atoms with van der Waals surface area (Å²) in [6, 6.07) is 3.57. The molecule has 5 rings (SSSR count). The van der Waals surface area contributed by atoms with E-state index in [4.69, 9.17) is 9.84 Å².